The van der Waals surface area contributed by atoms with Crippen LogP contribution < -0.4 is 4.90 Å². The molecule has 0 aromatic carbocycles. The van der Waals surface area contributed by atoms with Crippen LogP contribution in [-0.2, 0) is 4.79 Å². The number of aromatic nitrogens is 2. The van der Waals surface area contributed by atoms with Crippen molar-refractivity contribution in [3.8, 4) is 0 Å². The Morgan fingerprint density at radius 3 is 2.57 bits per heavy atom. The highest BCUT2D eigenvalue weighted by Gasteiger charge is 2.39. The van der Waals surface area contributed by atoms with Gasteiger partial charge in [-0.3, -0.25) is 4.79 Å². The highest BCUT2D eigenvalue weighted by molar-refractivity contribution is 7.15. The lowest BCUT2D eigenvalue weighted by Gasteiger charge is -2.33. The van der Waals surface area contributed by atoms with Gasteiger partial charge in [-0.15, -0.1) is 10.2 Å². The molecule has 0 bridgehead atoms. The SMILES string of the molecule is O=C(C1CCN(c2nnc(C3CC3)s2)C1)N1CCC(F)(F)CC1. The maximum absolute atomic E-state index is 13.2. The predicted molar refractivity (Wildman–Crippen MR) is 83.0 cm³/mol. The number of carbonyl (C=O) groups excluding carboxylic acids is 1. The molecule has 3 heterocycles. The van der Waals surface area contributed by atoms with Gasteiger partial charge >= 0.3 is 0 Å². The van der Waals surface area contributed by atoms with E-state index in [0.717, 1.165) is 23.1 Å². The molecule has 1 unspecified atom stereocenters. The fourth-order valence-electron chi connectivity index (χ4n) is 3.30. The van der Waals surface area contributed by atoms with E-state index in [2.05, 4.69) is 15.1 Å². The van der Waals surface area contributed by atoms with Crippen LogP contribution in [0, 0.1) is 5.92 Å². The number of likely N-dealkylation sites (tertiary alicyclic amines) is 1. The minimum atomic E-state index is -2.61. The van der Waals surface area contributed by atoms with E-state index in [9.17, 15) is 13.6 Å². The van der Waals surface area contributed by atoms with Crippen LogP contribution in [0.2, 0.25) is 0 Å². The van der Waals surface area contributed by atoms with E-state index >= 15 is 0 Å². The van der Waals surface area contributed by atoms with E-state index in [1.807, 2.05) is 0 Å². The lowest BCUT2D eigenvalue weighted by Crippen LogP contribution is -2.45. The number of rotatable bonds is 3. The van der Waals surface area contributed by atoms with Crippen molar-refractivity contribution in [3.05, 3.63) is 5.01 Å². The number of alkyl halides is 2. The van der Waals surface area contributed by atoms with Crippen LogP contribution in [0.1, 0.15) is 43.0 Å². The third kappa shape index (κ3) is 3.18. The summed E-state index contributed by atoms with van der Waals surface area (Å²) in [5.74, 6) is -2.09. The van der Waals surface area contributed by atoms with Gasteiger partial charge in [0.1, 0.15) is 5.01 Å². The zero-order valence-corrected chi connectivity index (χ0v) is 13.7. The molecule has 1 aliphatic carbocycles. The summed E-state index contributed by atoms with van der Waals surface area (Å²) in [6.07, 6.45) is 2.75. The van der Waals surface area contributed by atoms with E-state index in [1.165, 1.54) is 12.8 Å². The summed E-state index contributed by atoms with van der Waals surface area (Å²) >= 11 is 1.63. The highest BCUT2D eigenvalue weighted by atomic mass is 32.1. The summed E-state index contributed by atoms with van der Waals surface area (Å²) < 4.78 is 26.4. The number of nitrogens with zero attached hydrogens (tertiary/aromatic N) is 4. The fraction of sp³-hybridized carbons (Fsp3) is 0.800. The van der Waals surface area contributed by atoms with Gasteiger partial charge in [0, 0.05) is 44.9 Å². The zero-order chi connectivity index (χ0) is 16.0. The summed E-state index contributed by atoms with van der Waals surface area (Å²) in [4.78, 5) is 16.3. The van der Waals surface area contributed by atoms with Crippen LogP contribution in [0.4, 0.5) is 13.9 Å². The van der Waals surface area contributed by atoms with Crippen LogP contribution in [-0.4, -0.2) is 53.1 Å². The van der Waals surface area contributed by atoms with Crippen LogP contribution >= 0.6 is 11.3 Å². The Morgan fingerprint density at radius 1 is 1.13 bits per heavy atom. The van der Waals surface area contributed by atoms with Gasteiger partial charge in [-0.1, -0.05) is 11.3 Å². The second-order valence-corrected chi connectivity index (χ2v) is 7.80. The lowest BCUT2D eigenvalue weighted by atomic mass is 10.0. The number of amides is 1. The molecular formula is C15H20F2N4OS. The first-order chi connectivity index (χ1) is 11.0. The Bertz CT molecular complexity index is 594. The molecule has 126 valence electrons. The molecule has 3 fully saturated rings. The Morgan fingerprint density at radius 2 is 1.87 bits per heavy atom. The minimum absolute atomic E-state index is 0.0231. The van der Waals surface area contributed by atoms with Gasteiger partial charge < -0.3 is 9.80 Å². The Hall–Kier alpha value is -1.31. The van der Waals surface area contributed by atoms with Crippen molar-refractivity contribution in [1.29, 1.82) is 0 Å². The second kappa shape index (κ2) is 5.65. The molecule has 4 rings (SSSR count). The third-order valence-corrected chi connectivity index (χ3v) is 6.12. The normalized spacial score (nSPS) is 27.5. The van der Waals surface area contributed by atoms with Crippen LogP contribution in [0.25, 0.3) is 0 Å². The van der Waals surface area contributed by atoms with Gasteiger partial charge in [0.25, 0.3) is 5.92 Å². The quantitative estimate of drug-likeness (QED) is 0.847. The summed E-state index contributed by atoms with van der Waals surface area (Å²) in [7, 11) is 0. The van der Waals surface area contributed by atoms with Gasteiger partial charge in [0.2, 0.25) is 11.0 Å². The van der Waals surface area contributed by atoms with Crippen molar-refractivity contribution in [3.63, 3.8) is 0 Å². The molecule has 1 aromatic rings. The molecule has 0 spiro atoms. The van der Waals surface area contributed by atoms with Crippen molar-refractivity contribution in [1.82, 2.24) is 15.1 Å². The Labute approximate surface area is 137 Å². The molecule has 0 radical (unpaired) electrons. The number of hydrogen-bond donors (Lipinski definition) is 0. The summed E-state index contributed by atoms with van der Waals surface area (Å²) in [6.45, 7) is 1.77. The van der Waals surface area contributed by atoms with Crippen LogP contribution in [0.15, 0.2) is 0 Å². The maximum atomic E-state index is 13.2. The van der Waals surface area contributed by atoms with Gasteiger partial charge in [-0.2, -0.15) is 0 Å². The zero-order valence-electron chi connectivity index (χ0n) is 12.9. The van der Waals surface area contributed by atoms with Gasteiger partial charge in [0.15, 0.2) is 0 Å². The number of anilines is 1. The van der Waals surface area contributed by atoms with Gasteiger partial charge in [-0.25, -0.2) is 8.78 Å². The van der Waals surface area contributed by atoms with Gasteiger partial charge in [-0.05, 0) is 19.3 Å². The number of hydrogen-bond acceptors (Lipinski definition) is 5. The molecule has 1 aromatic heterocycles. The third-order valence-electron chi connectivity index (χ3n) is 4.97. The Balaban J connectivity index is 1.35. The Kier molecular flexibility index (Phi) is 3.74. The summed E-state index contributed by atoms with van der Waals surface area (Å²) in [5, 5.41) is 10.5. The van der Waals surface area contributed by atoms with Crippen LogP contribution in [0.5, 0.6) is 0 Å². The van der Waals surface area contributed by atoms with Crippen molar-refractivity contribution >= 4 is 22.4 Å². The molecule has 23 heavy (non-hydrogen) atoms. The monoisotopic (exact) mass is 342 g/mol. The number of halogens is 2. The topological polar surface area (TPSA) is 49.3 Å². The van der Waals surface area contributed by atoms with Crippen molar-refractivity contribution < 1.29 is 13.6 Å². The van der Waals surface area contributed by atoms with E-state index < -0.39 is 5.92 Å². The predicted octanol–water partition coefficient (Wildman–Crippen LogP) is 2.50. The van der Waals surface area contributed by atoms with E-state index in [0.29, 0.717) is 12.5 Å². The fourth-order valence-corrected chi connectivity index (χ4v) is 4.35. The molecule has 2 aliphatic heterocycles. The van der Waals surface area contributed by atoms with Crippen LogP contribution in [0.3, 0.4) is 0 Å². The molecule has 8 heteroatoms. The lowest BCUT2D eigenvalue weighted by molar-refractivity contribution is -0.140. The first-order valence-electron chi connectivity index (χ1n) is 8.27. The minimum Gasteiger partial charge on any atom is -0.346 e. The van der Waals surface area contributed by atoms with E-state index in [1.54, 1.807) is 16.2 Å². The van der Waals surface area contributed by atoms with Crippen molar-refractivity contribution in [2.24, 2.45) is 5.92 Å². The van der Waals surface area contributed by atoms with Gasteiger partial charge in [0.05, 0.1) is 5.92 Å². The molecule has 1 amide bonds. The summed E-state index contributed by atoms with van der Waals surface area (Å²) in [5.41, 5.74) is 0. The summed E-state index contributed by atoms with van der Waals surface area (Å²) in [6, 6.07) is 0. The van der Waals surface area contributed by atoms with Crippen molar-refractivity contribution in [2.45, 2.75) is 43.9 Å². The first-order valence-corrected chi connectivity index (χ1v) is 9.08. The molecule has 2 saturated heterocycles. The maximum Gasteiger partial charge on any atom is 0.251 e. The average molecular weight is 342 g/mol. The standard InChI is InChI=1S/C15H20F2N4OS/c16-15(17)4-7-20(8-5-15)13(22)11-3-6-21(9-11)14-19-18-12(23-14)10-1-2-10/h10-11H,1-9H2. The second-order valence-electron chi connectivity index (χ2n) is 6.81. The number of piperidine rings is 1. The first kappa shape index (κ1) is 15.2. The molecule has 3 aliphatic rings. The molecular weight excluding hydrogens is 322 g/mol. The smallest absolute Gasteiger partial charge is 0.251 e. The largest absolute Gasteiger partial charge is 0.346 e. The molecule has 0 N–H and O–H groups in total. The van der Waals surface area contributed by atoms with E-state index in [-0.39, 0.29) is 37.8 Å². The molecule has 1 saturated carbocycles. The highest BCUT2D eigenvalue weighted by Crippen LogP contribution is 2.43. The average Bonchev–Trinajstić information content (AvgIpc) is 3.07. The van der Waals surface area contributed by atoms with Crippen molar-refractivity contribution in [2.75, 3.05) is 31.1 Å². The molecule has 5 nitrogen and oxygen atoms in total. The van der Waals surface area contributed by atoms with E-state index in [4.69, 9.17) is 0 Å². The number of carbonyl (C=O) groups is 1. The molecule has 1 atom stereocenters.